The molecule has 76 valence electrons. The Kier molecular flexibility index (Phi) is 4.87. The van der Waals surface area contributed by atoms with Gasteiger partial charge in [-0.25, -0.2) is 0 Å². The first kappa shape index (κ1) is 11.4. The zero-order valence-electron chi connectivity index (χ0n) is 7.66. The largest absolute Gasteiger partial charge is 0.373 e. The molecule has 0 saturated heterocycles. The van der Waals surface area contributed by atoms with Crippen molar-refractivity contribution >= 4 is 28.7 Å². The van der Waals surface area contributed by atoms with Gasteiger partial charge in [0.1, 0.15) is 6.61 Å². The Bertz CT molecular complexity index is 320. The van der Waals surface area contributed by atoms with Gasteiger partial charge in [0.2, 0.25) is 0 Å². The van der Waals surface area contributed by atoms with Gasteiger partial charge in [-0.2, -0.15) is 0 Å². The number of halogens is 1. The monoisotopic (exact) mass is 230 g/mol. The standard InChI is InChI=1S/C10H11ClO2S/c1-2-3-6-13-7-8(12)9-4-5-10(11)14-9/h2,4-5H,1,3,6-7H2. The zero-order valence-corrected chi connectivity index (χ0v) is 9.24. The van der Waals surface area contributed by atoms with E-state index in [2.05, 4.69) is 6.58 Å². The summed E-state index contributed by atoms with van der Waals surface area (Å²) in [6.07, 6.45) is 2.52. The van der Waals surface area contributed by atoms with Crippen LogP contribution in [0.3, 0.4) is 0 Å². The van der Waals surface area contributed by atoms with Gasteiger partial charge in [0.15, 0.2) is 5.78 Å². The van der Waals surface area contributed by atoms with Crippen molar-refractivity contribution in [3.8, 4) is 0 Å². The number of hydrogen-bond acceptors (Lipinski definition) is 3. The quantitative estimate of drug-likeness (QED) is 0.426. The van der Waals surface area contributed by atoms with Crippen LogP contribution in [-0.2, 0) is 4.74 Å². The summed E-state index contributed by atoms with van der Waals surface area (Å²) in [4.78, 5) is 12.1. The second kappa shape index (κ2) is 5.96. The predicted octanol–water partition coefficient (Wildman–Crippen LogP) is 3.18. The Hall–Kier alpha value is -0.640. The number of hydrogen-bond donors (Lipinski definition) is 0. The summed E-state index contributed by atoms with van der Waals surface area (Å²) in [5.74, 6) is -0.0223. The van der Waals surface area contributed by atoms with Crippen molar-refractivity contribution in [2.45, 2.75) is 6.42 Å². The Morgan fingerprint density at radius 1 is 1.64 bits per heavy atom. The first-order valence-corrected chi connectivity index (χ1v) is 5.40. The fraction of sp³-hybridized carbons (Fsp3) is 0.300. The molecule has 0 N–H and O–H groups in total. The van der Waals surface area contributed by atoms with E-state index in [1.165, 1.54) is 11.3 Å². The maximum absolute atomic E-state index is 11.4. The van der Waals surface area contributed by atoms with Crippen LogP contribution in [0.25, 0.3) is 0 Å². The molecule has 0 radical (unpaired) electrons. The number of thiophene rings is 1. The lowest BCUT2D eigenvalue weighted by Gasteiger charge is -1.99. The second-order valence-electron chi connectivity index (χ2n) is 2.66. The van der Waals surface area contributed by atoms with E-state index >= 15 is 0 Å². The van der Waals surface area contributed by atoms with E-state index < -0.39 is 0 Å². The van der Waals surface area contributed by atoms with Gasteiger partial charge in [-0.15, -0.1) is 17.9 Å². The molecule has 0 saturated carbocycles. The SMILES string of the molecule is C=CCCOCC(=O)c1ccc(Cl)s1. The smallest absolute Gasteiger partial charge is 0.198 e. The van der Waals surface area contributed by atoms with Gasteiger partial charge >= 0.3 is 0 Å². The molecule has 0 bridgehead atoms. The molecule has 1 rings (SSSR count). The van der Waals surface area contributed by atoms with E-state index in [-0.39, 0.29) is 12.4 Å². The lowest BCUT2D eigenvalue weighted by Crippen LogP contribution is -2.07. The Balaban J connectivity index is 2.32. The van der Waals surface area contributed by atoms with Crippen molar-refractivity contribution < 1.29 is 9.53 Å². The van der Waals surface area contributed by atoms with Crippen LogP contribution in [0, 0.1) is 0 Å². The fourth-order valence-electron chi connectivity index (χ4n) is 0.867. The molecule has 14 heavy (non-hydrogen) atoms. The third-order valence-corrected chi connectivity index (χ3v) is 2.82. The molecule has 1 heterocycles. The molecule has 1 aromatic heterocycles. The summed E-state index contributed by atoms with van der Waals surface area (Å²) in [7, 11) is 0. The molecule has 2 nitrogen and oxygen atoms in total. The summed E-state index contributed by atoms with van der Waals surface area (Å²) in [5.41, 5.74) is 0. The minimum absolute atomic E-state index is 0.0223. The van der Waals surface area contributed by atoms with Gasteiger partial charge < -0.3 is 4.74 Å². The highest BCUT2D eigenvalue weighted by Gasteiger charge is 2.08. The third-order valence-electron chi connectivity index (χ3n) is 1.55. The topological polar surface area (TPSA) is 26.3 Å². The Morgan fingerprint density at radius 2 is 2.43 bits per heavy atom. The highest BCUT2D eigenvalue weighted by molar-refractivity contribution is 7.18. The van der Waals surface area contributed by atoms with Crippen LogP contribution in [-0.4, -0.2) is 19.0 Å². The number of carbonyl (C=O) groups excluding carboxylic acids is 1. The molecule has 0 spiro atoms. The molecular weight excluding hydrogens is 220 g/mol. The predicted molar refractivity (Wildman–Crippen MR) is 59.3 cm³/mol. The van der Waals surface area contributed by atoms with Crippen LogP contribution >= 0.6 is 22.9 Å². The highest BCUT2D eigenvalue weighted by Crippen LogP contribution is 2.21. The van der Waals surface area contributed by atoms with Gasteiger partial charge in [-0.05, 0) is 18.6 Å². The number of carbonyl (C=O) groups is 1. The lowest BCUT2D eigenvalue weighted by molar-refractivity contribution is 0.0772. The highest BCUT2D eigenvalue weighted by atomic mass is 35.5. The molecule has 0 aliphatic rings. The molecule has 0 aliphatic heterocycles. The summed E-state index contributed by atoms with van der Waals surface area (Å²) in [6, 6.07) is 3.43. The first-order chi connectivity index (χ1) is 6.74. The molecule has 0 aromatic carbocycles. The summed E-state index contributed by atoms with van der Waals surface area (Å²) in [6.45, 7) is 4.21. The summed E-state index contributed by atoms with van der Waals surface area (Å²) in [5, 5.41) is 0. The summed E-state index contributed by atoms with van der Waals surface area (Å²) < 4.78 is 5.77. The zero-order chi connectivity index (χ0) is 10.4. The Morgan fingerprint density at radius 3 is 3.00 bits per heavy atom. The summed E-state index contributed by atoms with van der Waals surface area (Å²) >= 11 is 6.98. The van der Waals surface area contributed by atoms with Crippen molar-refractivity contribution in [1.29, 1.82) is 0 Å². The van der Waals surface area contributed by atoms with E-state index in [1.54, 1.807) is 18.2 Å². The lowest BCUT2D eigenvalue weighted by atomic mass is 10.3. The van der Waals surface area contributed by atoms with Crippen molar-refractivity contribution in [1.82, 2.24) is 0 Å². The molecular formula is C10H11ClO2S. The first-order valence-electron chi connectivity index (χ1n) is 4.21. The van der Waals surface area contributed by atoms with Crippen LogP contribution in [0.15, 0.2) is 24.8 Å². The van der Waals surface area contributed by atoms with E-state index in [4.69, 9.17) is 16.3 Å². The van der Waals surface area contributed by atoms with Crippen LogP contribution in [0.5, 0.6) is 0 Å². The normalized spacial score (nSPS) is 10.1. The van der Waals surface area contributed by atoms with Gasteiger partial charge in [-0.3, -0.25) is 4.79 Å². The van der Waals surface area contributed by atoms with Crippen LogP contribution in [0.2, 0.25) is 4.34 Å². The molecule has 0 amide bonds. The number of Topliss-reactive ketones (excluding diaryl/α,β-unsaturated/α-hetero) is 1. The van der Waals surface area contributed by atoms with E-state index in [9.17, 15) is 4.79 Å². The average Bonchev–Trinajstić information content (AvgIpc) is 2.59. The third kappa shape index (κ3) is 3.62. The Labute approximate surface area is 92.2 Å². The van der Waals surface area contributed by atoms with Gasteiger partial charge in [-0.1, -0.05) is 17.7 Å². The van der Waals surface area contributed by atoms with E-state index in [0.29, 0.717) is 15.8 Å². The maximum atomic E-state index is 11.4. The van der Waals surface area contributed by atoms with Crippen molar-refractivity contribution in [2.75, 3.05) is 13.2 Å². The van der Waals surface area contributed by atoms with E-state index in [1.807, 2.05) is 0 Å². The fourth-order valence-corrected chi connectivity index (χ4v) is 1.83. The number of rotatable bonds is 6. The van der Waals surface area contributed by atoms with E-state index in [0.717, 1.165) is 6.42 Å². The van der Waals surface area contributed by atoms with Gasteiger partial charge in [0.05, 0.1) is 15.8 Å². The minimum Gasteiger partial charge on any atom is -0.373 e. The minimum atomic E-state index is -0.0223. The van der Waals surface area contributed by atoms with Gasteiger partial charge in [0, 0.05) is 0 Å². The average molecular weight is 231 g/mol. The molecule has 0 fully saturated rings. The van der Waals surface area contributed by atoms with Crippen LogP contribution in [0.1, 0.15) is 16.1 Å². The number of ketones is 1. The number of ether oxygens (including phenoxy) is 1. The van der Waals surface area contributed by atoms with Crippen molar-refractivity contribution in [2.24, 2.45) is 0 Å². The molecule has 0 atom stereocenters. The maximum Gasteiger partial charge on any atom is 0.198 e. The second-order valence-corrected chi connectivity index (χ2v) is 4.37. The molecule has 0 aliphatic carbocycles. The van der Waals surface area contributed by atoms with Gasteiger partial charge in [0.25, 0.3) is 0 Å². The van der Waals surface area contributed by atoms with Crippen molar-refractivity contribution in [3.63, 3.8) is 0 Å². The van der Waals surface area contributed by atoms with Crippen molar-refractivity contribution in [3.05, 3.63) is 34.0 Å². The van der Waals surface area contributed by atoms with Crippen LogP contribution < -0.4 is 0 Å². The molecule has 0 unspecified atom stereocenters. The molecule has 4 heteroatoms. The molecule has 1 aromatic rings. The van der Waals surface area contributed by atoms with Crippen LogP contribution in [0.4, 0.5) is 0 Å².